The van der Waals surface area contributed by atoms with Crippen LogP contribution in [0.1, 0.15) is 25.7 Å². The Kier molecular flexibility index (Phi) is 6.18. The molecule has 3 N–H and O–H groups in total. The van der Waals surface area contributed by atoms with Gasteiger partial charge in [-0.3, -0.25) is 0 Å². The standard InChI is InChI=1S/C11H23N3O2/c1-16-9-10-5-7-14(8-10)6-3-2-4-11(12)13-15/h10,15H,2-9H2,1H3,(H2,12,13). The van der Waals surface area contributed by atoms with Crippen LogP contribution in [0.4, 0.5) is 0 Å². The van der Waals surface area contributed by atoms with Gasteiger partial charge in [0.2, 0.25) is 0 Å². The molecule has 16 heavy (non-hydrogen) atoms. The van der Waals surface area contributed by atoms with Crippen LogP contribution in [-0.2, 0) is 4.74 Å². The van der Waals surface area contributed by atoms with Crippen LogP contribution in [0.5, 0.6) is 0 Å². The van der Waals surface area contributed by atoms with Crippen molar-refractivity contribution in [2.75, 3.05) is 33.4 Å². The number of methoxy groups -OCH3 is 1. The van der Waals surface area contributed by atoms with E-state index in [1.165, 1.54) is 13.0 Å². The van der Waals surface area contributed by atoms with Gasteiger partial charge < -0.3 is 20.6 Å². The molecule has 1 aliphatic rings. The second-order valence-corrected chi connectivity index (χ2v) is 4.46. The maximum Gasteiger partial charge on any atom is 0.139 e. The summed E-state index contributed by atoms with van der Waals surface area (Å²) in [6.45, 7) is 4.31. The molecule has 1 aliphatic heterocycles. The summed E-state index contributed by atoms with van der Waals surface area (Å²) in [6, 6.07) is 0. The van der Waals surface area contributed by atoms with Crippen LogP contribution in [0.25, 0.3) is 0 Å². The van der Waals surface area contributed by atoms with Crippen molar-refractivity contribution in [1.29, 1.82) is 0 Å². The summed E-state index contributed by atoms with van der Waals surface area (Å²) in [6.07, 6.45) is 4.02. The second-order valence-electron chi connectivity index (χ2n) is 4.46. The summed E-state index contributed by atoms with van der Waals surface area (Å²) < 4.78 is 5.16. The first kappa shape index (κ1) is 13.3. The number of unbranched alkanes of at least 4 members (excludes halogenated alkanes) is 1. The lowest BCUT2D eigenvalue weighted by atomic mass is 10.1. The molecule has 1 unspecified atom stereocenters. The number of likely N-dealkylation sites (tertiary alicyclic amines) is 1. The molecule has 0 aromatic heterocycles. The molecule has 0 saturated carbocycles. The fraction of sp³-hybridized carbons (Fsp3) is 0.909. The van der Waals surface area contributed by atoms with Crippen LogP contribution >= 0.6 is 0 Å². The molecule has 1 atom stereocenters. The van der Waals surface area contributed by atoms with Crippen molar-refractivity contribution in [2.45, 2.75) is 25.7 Å². The van der Waals surface area contributed by atoms with Gasteiger partial charge in [-0.05, 0) is 38.3 Å². The smallest absolute Gasteiger partial charge is 0.139 e. The molecule has 1 heterocycles. The van der Waals surface area contributed by atoms with Gasteiger partial charge in [0.1, 0.15) is 5.84 Å². The van der Waals surface area contributed by atoms with E-state index in [0.717, 1.165) is 32.5 Å². The van der Waals surface area contributed by atoms with Gasteiger partial charge >= 0.3 is 0 Å². The van der Waals surface area contributed by atoms with Gasteiger partial charge in [0.05, 0.1) is 6.61 Å². The molecule has 0 radical (unpaired) electrons. The van der Waals surface area contributed by atoms with Crippen LogP contribution < -0.4 is 5.73 Å². The predicted octanol–water partition coefficient (Wildman–Crippen LogP) is 0.871. The van der Waals surface area contributed by atoms with Gasteiger partial charge in [0.25, 0.3) is 0 Å². The highest BCUT2D eigenvalue weighted by Crippen LogP contribution is 2.16. The van der Waals surface area contributed by atoms with Gasteiger partial charge in [-0.15, -0.1) is 0 Å². The summed E-state index contributed by atoms with van der Waals surface area (Å²) in [5, 5.41) is 11.3. The minimum Gasteiger partial charge on any atom is -0.409 e. The number of nitrogens with two attached hydrogens (primary N) is 1. The predicted molar refractivity (Wildman–Crippen MR) is 63.7 cm³/mol. The number of amidine groups is 1. The van der Waals surface area contributed by atoms with Crippen LogP contribution in [-0.4, -0.2) is 49.3 Å². The molecule has 5 heteroatoms. The van der Waals surface area contributed by atoms with Crippen molar-refractivity contribution < 1.29 is 9.94 Å². The maximum absolute atomic E-state index is 8.38. The highest BCUT2D eigenvalue weighted by molar-refractivity contribution is 5.79. The fourth-order valence-electron chi connectivity index (χ4n) is 2.18. The number of oxime groups is 1. The summed E-state index contributed by atoms with van der Waals surface area (Å²) >= 11 is 0. The first-order valence-corrected chi connectivity index (χ1v) is 5.94. The Morgan fingerprint density at radius 1 is 1.56 bits per heavy atom. The molecular formula is C11H23N3O2. The van der Waals surface area contributed by atoms with Gasteiger partial charge in [-0.25, -0.2) is 0 Å². The van der Waals surface area contributed by atoms with Crippen molar-refractivity contribution in [3.05, 3.63) is 0 Å². The molecule has 0 aromatic rings. The van der Waals surface area contributed by atoms with Crippen molar-refractivity contribution in [3.63, 3.8) is 0 Å². The minimum atomic E-state index is 0.332. The number of ether oxygens (including phenoxy) is 1. The molecule has 1 rings (SSSR count). The zero-order valence-electron chi connectivity index (χ0n) is 10.1. The van der Waals surface area contributed by atoms with E-state index in [2.05, 4.69) is 10.1 Å². The van der Waals surface area contributed by atoms with E-state index >= 15 is 0 Å². The normalized spacial score (nSPS) is 22.8. The molecule has 1 saturated heterocycles. The third kappa shape index (κ3) is 4.81. The average molecular weight is 229 g/mol. The average Bonchev–Trinajstić information content (AvgIpc) is 2.72. The summed E-state index contributed by atoms with van der Waals surface area (Å²) in [5.74, 6) is 1.03. The zero-order chi connectivity index (χ0) is 11.8. The van der Waals surface area contributed by atoms with Crippen LogP contribution in [0.15, 0.2) is 5.16 Å². The highest BCUT2D eigenvalue weighted by atomic mass is 16.5. The zero-order valence-corrected chi connectivity index (χ0v) is 10.1. The summed E-state index contributed by atoms with van der Waals surface area (Å²) in [5.41, 5.74) is 5.40. The largest absolute Gasteiger partial charge is 0.409 e. The number of rotatable bonds is 7. The highest BCUT2D eigenvalue weighted by Gasteiger charge is 2.21. The Labute approximate surface area is 97.2 Å². The molecule has 0 spiro atoms. The van der Waals surface area contributed by atoms with Gasteiger partial charge in [0.15, 0.2) is 0 Å². The van der Waals surface area contributed by atoms with E-state index in [4.69, 9.17) is 15.7 Å². The molecule has 5 nitrogen and oxygen atoms in total. The molecule has 0 amide bonds. The Morgan fingerprint density at radius 2 is 2.38 bits per heavy atom. The van der Waals surface area contributed by atoms with E-state index in [1.807, 2.05) is 0 Å². The lowest BCUT2D eigenvalue weighted by Gasteiger charge is -2.15. The Bertz CT molecular complexity index is 221. The lowest BCUT2D eigenvalue weighted by molar-refractivity contribution is 0.153. The molecule has 0 bridgehead atoms. The summed E-state index contributed by atoms with van der Waals surface area (Å²) in [4.78, 5) is 2.47. The van der Waals surface area contributed by atoms with Gasteiger partial charge in [-0.1, -0.05) is 5.16 Å². The SMILES string of the molecule is COCC1CCN(CCCCC(N)=NO)C1. The van der Waals surface area contributed by atoms with Gasteiger partial charge in [-0.2, -0.15) is 0 Å². The monoisotopic (exact) mass is 229 g/mol. The Hall–Kier alpha value is -0.810. The van der Waals surface area contributed by atoms with Crippen LogP contribution in [0.3, 0.4) is 0 Å². The first-order chi connectivity index (χ1) is 7.76. The van der Waals surface area contributed by atoms with Crippen molar-refractivity contribution in [1.82, 2.24) is 4.90 Å². The van der Waals surface area contributed by atoms with Crippen LogP contribution in [0.2, 0.25) is 0 Å². The summed E-state index contributed by atoms with van der Waals surface area (Å²) in [7, 11) is 1.76. The van der Waals surface area contributed by atoms with E-state index in [-0.39, 0.29) is 0 Å². The Balaban J connectivity index is 2.02. The first-order valence-electron chi connectivity index (χ1n) is 5.94. The van der Waals surface area contributed by atoms with Crippen molar-refractivity contribution >= 4 is 5.84 Å². The number of hydrogen-bond acceptors (Lipinski definition) is 4. The van der Waals surface area contributed by atoms with E-state index < -0.39 is 0 Å². The molecular weight excluding hydrogens is 206 g/mol. The number of nitrogens with zero attached hydrogens (tertiary/aromatic N) is 2. The fourth-order valence-corrected chi connectivity index (χ4v) is 2.18. The quantitative estimate of drug-likeness (QED) is 0.223. The van der Waals surface area contributed by atoms with Crippen molar-refractivity contribution in [2.24, 2.45) is 16.8 Å². The van der Waals surface area contributed by atoms with Gasteiger partial charge in [0, 0.05) is 20.1 Å². The second kappa shape index (κ2) is 7.46. The minimum absolute atomic E-state index is 0.332. The third-order valence-electron chi connectivity index (χ3n) is 3.06. The number of hydrogen-bond donors (Lipinski definition) is 2. The third-order valence-corrected chi connectivity index (χ3v) is 3.06. The Morgan fingerprint density at radius 3 is 3.06 bits per heavy atom. The van der Waals surface area contributed by atoms with E-state index in [0.29, 0.717) is 18.2 Å². The molecule has 1 fully saturated rings. The van der Waals surface area contributed by atoms with E-state index in [9.17, 15) is 0 Å². The van der Waals surface area contributed by atoms with Crippen molar-refractivity contribution in [3.8, 4) is 0 Å². The molecule has 94 valence electrons. The lowest BCUT2D eigenvalue weighted by Crippen LogP contribution is -2.23. The van der Waals surface area contributed by atoms with E-state index in [1.54, 1.807) is 7.11 Å². The van der Waals surface area contributed by atoms with Crippen LogP contribution in [0, 0.1) is 5.92 Å². The topological polar surface area (TPSA) is 71.1 Å². The molecule has 0 aliphatic carbocycles. The maximum atomic E-state index is 8.38. The molecule has 0 aromatic carbocycles.